The van der Waals surface area contributed by atoms with E-state index >= 15 is 0 Å². The van der Waals surface area contributed by atoms with Gasteiger partial charge in [0.1, 0.15) is 5.82 Å². The van der Waals surface area contributed by atoms with Crippen LogP contribution in [0.1, 0.15) is 31.7 Å². The lowest BCUT2D eigenvalue weighted by molar-refractivity contribution is -0.0179. The highest BCUT2D eigenvalue weighted by atomic mass is 19.1. The Kier molecular flexibility index (Phi) is 2.58. The van der Waals surface area contributed by atoms with E-state index in [0.29, 0.717) is 6.10 Å². The summed E-state index contributed by atoms with van der Waals surface area (Å²) in [7, 11) is 0. The second kappa shape index (κ2) is 3.98. The Balaban J connectivity index is 1.98. The SMILES string of the molecule is CCC1CC2(CCO1)CNc1ccc(F)cc12. The highest BCUT2D eigenvalue weighted by molar-refractivity contribution is 5.60. The van der Waals surface area contributed by atoms with Gasteiger partial charge in [0.2, 0.25) is 0 Å². The molecule has 1 spiro atoms. The first-order valence-corrected chi connectivity index (χ1v) is 6.39. The van der Waals surface area contributed by atoms with Crippen molar-refractivity contribution in [2.24, 2.45) is 0 Å². The van der Waals surface area contributed by atoms with Crippen LogP contribution < -0.4 is 5.32 Å². The number of halogens is 1. The topological polar surface area (TPSA) is 21.3 Å². The van der Waals surface area contributed by atoms with Crippen LogP contribution in [0.25, 0.3) is 0 Å². The zero-order valence-electron chi connectivity index (χ0n) is 10.1. The van der Waals surface area contributed by atoms with E-state index in [1.165, 1.54) is 6.07 Å². The third-order valence-electron chi connectivity index (χ3n) is 4.18. The molecule has 2 atom stereocenters. The molecule has 1 aromatic rings. The molecule has 3 heteroatoms. The number of ether oxygens (including phenoxy) is 1. The van der Waals surface area contributed by atoms with Crippen LogP contribution >= 0.6 is 0 Å². The second-order valence-electron chi connectivity index (χ2n) is 5.18. The Hall–Kier alpha value is -1.09. The van der Waals surface area contributed by atoms with Gasteiger partial charge >= 0.3 is 0 Å². The van der Waals surface area contributed by atoms with E-state index in [9.17, 15) is 4.39 Å². The van der Waals surface area contributed by atoms with Crippen LogP contribution in [0.15, 0.2) is 18.2 Å². The molecule has 2 heterocycles. The maximum atomic E-state index is 13.4. The van der Waals surface area contributed by atoms with E-state index in [1.807, 2.05) is 6.07 Å². The molecule has 1 N–H and O–H groups in total. The summed E-state index contributed by atoms with van der Waals surface area (Å²) < 4.78 is 19.2. The van der Waals surface area contributed by atoms with Gasteiger partial charge in [-0.05, 0) is 43.0 Å². The Morgan fingerprint density at radius 3 is 3.24 bits per heavy atom. The quantitative estimate of drug-likeness (QED) is 0.807. The first-order valence-electron chi connectivity index (χ1n) is 6.39. The van der Waals surface area contributed by atoms with Crippen molar-refractivity contribution in [3.63, 3.8) is 0 Å². The number of rotatable bonds is 1. The molecule has 2 aliphatic heterocycles. The summed E-state index contributed by atoms with van der Waals surface area (Å²) in [5.41, 5.74) is 2.35. The molecule has 92 valence electrons. The van der Waals surface area contributed by atoms with Crippen LogP contribution in [0, 0.1) is 5.82 Å². The zero-order chi connectivity index (χ0) is 11.9. The fourth-order valence-electron chi connectivity index (χ4n) is 3.15. The van der Waals surface area contributed by atoms with Gasteiger partial charge in [-0.1, -0.05) is 6.92 Å². The molecule has 0 radical (unpaired) electrons. The van der Waals surface area contributed by atoms with Crippen molar-refractivity contribution in [2.75, 3.05) is 18.5 Å². The molecule has 0 amide bonds. The average Bonchev–Trinajstić information content (AvgIpc) is 2.68. The van der Waals surface area contributed by atoms with E-state index in [1.54, 1.807) is 6.07 Å². The number of nitrogens with one attached hydrogen (secondary N) is 1. The summed E-state index contributed by atoms with van der Waals surface area (Å²) in [4.78, 5) is 0. The first-order chi connectivity index (χ1) is 8.23. The number of hydrogen-bond donors (Lipinski definition) is 1. The van der Waals surface area contributed by atoms with Gasteiger partial charge in [0.25, 0.3) is 0 Å². The van der Waals surface area contributed by atoms with Gasteiger partial charge < -0.3 is 10.1 Å². The first kappa shape index (κ1) is 11.0. The Morgan fingerprint density at radius 2 is 2.41 bits per heavy atom. The van der Waals surface area contributed by atoms with Crippen LogP contribution in [-0.2, 0) is 10.2 Å². The Bertz CT molecular complexity index is 430. The molecule has 1 aromatic carbocycles. The Morgan fingerprint density at radius 1 is 1.53 bits per heavy atom. The van der Waals surface area contributed by atoms with E-state index in [-0.39, 0.29) is 11.2 Å². The third-order valence-corrected chi connectivity index (χ3v) is 4.18. The minimum absolute atomic E-state index is 0.0936. The smallest absolute Gasteiger partial charge is 0.123 e. The van der Waals surface area contributed by atoms with Crippen LogP contribution in [0.5, 0.6) is 0 Å². The fourth-order valence-corrected chi connectivity index (χ4v) is 3.15. The van der Waals surface area contributed by atoms with Crippen molar-refractivity contribution >= 4 is 5.69 Å². The predicted molar refractivity (Wildman–Crippen MR) is 65.8 cm³/mol. The van der Waals surface area contributed by atoms with Crippen LogP contribution in [0.2, 0.25) is 0 Å². The normalized spacial score (nSPS) is 31.3. The maximum Gasteiger partial charge on any atom is 0.123 e. The lowest BCUT2D eigenvalue weighted by Crippen LogP contribution is -2.40. The second-order valence-corrected chi connectivity index (χ2v) is 5.18. The van der Waals surface area contributed by atoms with Gasteiger partial charge in [-0.2, -0.15) is 0 Å². The molecule has 0 bridgehead atoms. The van der Waals surface area contributed by atoms with Crippen molar-refractivity contribution in [1.29, 1.82) is 0 Å². The van der Waals surface area contributed by atoms with Gasteiger partial charge in [0.05, 0.1) is 6.10 Å². The summed E-state index contributed by atoms with van der Waals surface area (Å²) in [6, 6.07) is 5.09. The monoisotopic (exact) mass is 235 g/mol. The summed E-state index contributed by atoms with van der Waals surface area (Å²) in [5, 5.41) is 3.41. The molecule has 1 saturated heterocycles. The molecule has 2 aliphatic rings. The molecule has 0 aromatic heterocycles. The van der Waals surface area contributed by atoms with Crippen LogP contribution in [0.4, 0.5) is 10.1 Å². The lowest BCUT2D eigenvalue weighted by atomic mass is 9.73. The van der Waals surface area contributed by atoms with Crippen molar-refractivity contribution in [1.82, 2.24) is 0 Å². The largest absolute Gasteiger partial charge is 0.384 e. The number of benzene rings is 1. The molecule has 3 rings (SSSR count). The molecular weight excluding hydrogens is 217 g/mol. The molecule has 0 saturated carbocycles. The molecule has 17 heavy (non-hydrogen) atoms. The van der Waals surface area contributed by atoms with Crippen LogP contribution in [-0.4, -0.2) is 19.3 Å². The van der Waals surface area contributed by atoms with E-state index in [2.05, 4.69) is 12.2 Å². The van der Waals surface area contributed by atoms with Crippen molar-refractivity contribution in [2.45, 2.75) is 37.7 Å². The number of fused-ring (bicyclic) bond motifs is 2. The summed E-state index contributed by atoms with van der Waals surface area (Å²) in [5.74, 6) is -0.133. The van der Waals surface area contributed by atoms with Gasteiger partial charge in [-0.3, -0.25) is 0 Å². The summed E-state index contributed by atoms with van der Waals surface area (Å²) in [6.07, 6.45) is 3.35. The number of hydrogen-bond acceptors (Lipinski definition) is 2. The molecular formula is C14H18FNO. The number of anilines is 1. The predicted octanol–water partition coefficient (Wildman–Crippen LogP) is 3.08. The summed E-state index contributed by atoms with van der Waals surface area (Å²) in [6.45, 7) is 3.86. The average molecular weight is 235 g/mol. The van der Waals surface area contributed by atoms with Gasteiger partial charge in [0, 0.05) is 24.3 Å². The zero-order valence-corrected chi connectivity index (χ0v) is 10.1. The van der Waals surface area contributed by atoms with E-state index in [4.69, 9.17) is 4.74 Å². The van der Waals surface area contributed by atoms with Crippen molar-refractivity contribution in [3.05, 3.63) is 29.6 Å². The van der Waals surface area contributed by atoms with Gasteiger partial charge in [-0.25, -0.2) is 4.39 Å². The lowest BCUT2D eigenvalue weighted by Gasteiger charge is -2.38. The molecule has 0 aliphatic carbocycles. The summed E-state index contributed by atoms with van der Waals surface area (Å²) >= 11 is 0. The maximum absolute atomic E-state index is 13.4. The Labute approximate surface area is 101 Å². The third kappa shape index (κ3) is 1.73. The fraction of sp³-hybridized carbons (Fsp3) is 0.571. The minimum Gasteiger partial charge on any atom is -0.384 e. The van der Waals surface area contributed by atoms with Gasteiger partial charge in [-0.15, -0.1) is 0 Å². The molecule has 2 nitrogen and oxygen atoms in total. The highest BCUT2D eigenvalue weighted by Gasteiger charge is 2.42. The minimum atomic E-state index is -0.133. The standard InChI is InChI=1S/C14H18FNO/c1-2-11-8-14(5-6-17-11)9-16-13-4-3-10(15)7-12(13)14/h3-4,7,11,16H,2,5-6,8-9H2,1H3. The highest BCUT2D eigenvalue weighted by Crippen LogP contribution is 2.45. The molecule has 1 fully saturated rings. The van der Waals surface area contributed by atoms with Crippen LogP contribution in [0.3, 0.4) is 0 Å². The van der Waals surface area contributed by atoms with Crippen molar-refractivity contribution < 1.29 is 9.13 Å². The van der Waals surface area contributed by atoms with Crippen molar-refractivity contribution in [3.8, 4) is 0 Å². The van der Waals surface area contributed by atoms with Gasteiger partial charge in [0.15, 0.2) is 0 Å². The molecule has 2 unspecified atom stereocenters. The van der Waals surface area contributed by atoms with E-state index in [0.717, 1.165) is 43.7 Å². The van der Waals surface area contributed by atoms with E-state index < -0.39 is 0 Å².